The van der Waals surface area contributed by atoms with Crippen molar-refractivity contribution in [1.29, 1.82) is 0 Å². The number of hydrogen-bond acceptors (Lipinski definition) is 5. The number of carbonyl (C=O) groups is 1. The fraction of sp³-hybridized carbons (Fsp3) is 0.667. The van der Waals surface area contributed by atoms with Crippen molar-refractivity contribution in [3.05, 3.63) is 10.6 Å². The van der Waals surface area contributed by atoms with Gasteiger partial charge in [-0.15, -0.1) is 0 Å². The summed E-state index contributed by atoms with van der Waals surface area (Å²) < 4.78 is 0. The van der Waals surface area contributed by atoms with Gasteiger partial charge in [0, 0.05) is 24.1 Å². The molecule has 0 aromatic carbocycles. The van der Waals surface area contributed by atoms with Crippen molar-refractivity contribution in [2.45, 2.75) is 32.7 Å². The molecule has 1 unspecified atom stereocenters. The molecule has 1 aliphatic heterocycles. The van der Waals surface area contributed by atoms with E-state index in [-0.39, 0.29) is 0 Å². The van der Waals surface area contributed by atoms with Gasteiger partial charge in [-0.1, -0.05) is 25.2 Å². The van der Waals surface area contributed by atoms with Crippen LogP contribution < -0.4 is 4.90 Å². The van der Waals surface area contributed by atoms with Gasteiger partial charge in [-0.3, -0.25) is 4.79 Å². The SMILES string of the molecule is CC(C)c1nc(N2CCSCC2C)sc1C=O. The number of rotatable bonds is 3. The second-order valence-corrected chi connectivity index (χ2v) is 6.79. The molecule has 94 valence electrons. The van der Waals surface area contributed by atoms with E-state index in [2.05, 4.69) is 30.7 Å². The van der Waals surface area contributed by atoms with Crippen LogP contribution in [-0.4, -0.2) is 35.4 Å². The summed E-state index contributed by atoms with van der Waals surface area (Å²) in [7, 11) is 0. The summed E-state index contributed by atoms with van der Waals surface area (Å²) in [6, 6.07) is 0.513. The van der Waals surface area contributed by atoms with Gasteiger partial charge in [0.05, 0.1) is 10.6 Å². The molecule has 1 saturated heterocycles. The van der Waals surface area contributed by atoms with Crippen LogP contribution in [0.1, 0.15) is 42.1 Å². The summed E-state index contributed by atoms with van der Waals surface area (Å²) in [5.41, 5.74) is 0.949. The summed E-state index contributed by atoms with van der Waals surface area (Å²) >= 11 is 3.53. The summed E-state index contributed by atoms with van der Waals surface area (Å²) in [4.78, 5) is 18.8. The molecular weight excluding hydrogens is 252 g/mol. The lowest BCUT2D eigenvalue weighted by atomic mass is 10.1. The Hall–Kier alpha value is -0.550. The highest BCUT2D eigenvalue weighted by Crippen LogP contribution is 2.32. The first-order valence-corrected chi connectivity index (χ1v) is 7.91. The Morgan fingerprint density at radius 3 is 2.82 bits per heavy atom. The van der Waals surface area contributed by atoms with Gasteiger partial charge in [-0.05, 0) is 12.8 Å². The monoisotopic (exact) mass is 270 g/mol. The van der Waals surface area contributed by atoms with E-state index in [4.69, 9.17) is 0 Å². The predicted octanol–water partition coefficient (Wildman–Crippen LogP) is 3.02. The van der Waals surface area contributed by atoms with Crippen molar-refractivity contribution in [1.82, 2.24) is 4.98 Å². The number of hydrogen-bond donors (Lipinski definition) is 0. The highest BCUT2D eigenvalue weighted by atomic mass is 32.2. The lowest BCUT2D eigenvalue weighted by molar-refractivity contribution is 0.112. The maximum absolute atomic E-state index is 11.1. The lowest BCUT2D eigenvalue weighted by Crippen LogP contribution is -2.40. The molecule has 1 aromatic rings. The zero-order valence-electron chi connectivity index (χ0n) is 10.5. The smallest absolute Gasteiger partial charge is 0.186 e. The molecule has 17 heavy (non-hydrogen) atoms. The fourth-order valence-corrected chi connectivity index (χ4v) is 4.14. The highest BCUT2D eigenvalue weighted by Gasteiger charge is 2.24. The normalized spacial score (nSPS) is 20.9. The third-order valence-electron chi connectivity index (χ3n) is 2.94. The Morgan fingerprint density at radius 2 is 2.29 bits per heavy atom. The van der Waals surface area contributed by atoms with Crippen molar-refractivity contribution >= 4 is 34.5 Å². The van der Waals surface area contributed by atoms with Crippen LogP contribution in [-0.2, 0) is 0 Å². The number of carbonyl (C=O) groups excluding carboxylic acids is 1. The number of aromatic nitrogens is 1. The zero-order chi connectivity index (χ0) is 12.4. The Balaban J connectivity index is 2.29. The molecule has 0 amide bonds. The van der Waals surface area contributed by atoms with E-state index < -0.39 is 0 Å². The Bertz CT molecular complexity index is 403. The van der Waals surface area contributed by atoms with Crippen LogP contribution in [0.3, 0.4) is 0 Å². The molecule has 0 N–H and O–H groups in total. The molecule has 1 aliphatic rings. The van der Waals surface area contributed by atoms with E-state index >= 15 is 0 Å². The second-order valence-electron chi connectivity index (χ2n) is 4.64. The maximum Gasteiger partial charge on any atom is 0.186 e. The third-order valence-corrected chi connectivity index (χ3v) is 5.16. The van der Waals surface area contributed by atoms with Crippen LogP contribution in [0.25, 0.3) is 0 Å². The fourth-order valence-electron chi connectivity index (χ4n) is 1.96. The average Bonchev–Trinajstić information content (AvgIpc) is 2.73. The maximum atomic E-state index is 11.1. The van der Waals surface area contributed by atoms with Crippen LogP contribution in [0, 0.1) is 0 Å². The molecule has 0 aliphatic carbocycles. The molecule has 0 spiro atoms. The first kappa shape index (κ1) is 12.9. The Kier molecular flexibility index (Phi) is 4.09. The van der Waals surface area contributed by atoms with Crippen LogP contribution in [0.2, 0.25) is 0 Å². The zero-order valence-corrected chi connectivity index (χ0v) is 12.1. The summed E-state index contributed by atoms with van der Waals surface area (Å²) in [5, 5.41) is 1.02. The molecule has 1 fully saturated rings. The van der Waals surface area contributed by atoms with E-state index in [9.17, 15) is 4.79 Å². The number of thiazole rings is 1. The van der Waals surface area contributed by atoms with Crippen molar-refractivity contribution in [3.8, 4) is 0 Å². The average molecular weight is 270 g/mol. The molecule has 1 aromatic heterocycles. The van der Waals surface area contributed by atoms with Crippen molar-refractivity contribution in [2.75, 3.05) is 23.0 Å². The van der Waals surface area contributed by atoms with E-state index in [1.54, 1.807) is 0 Å². The quantitative estimate of drug-likeness (QED) is 0.791. The molecule has 2 heterocycles. The first-order chi connectivity index (χ1) is 8.13. The number of aldehydes is 1. The van der Waals surface area contributed by atoms with E-state index in [1.165, 1.54) is 11.3 Å². The van der Waals surface area contributed by atoms with Gasteiger partial charge in [0.2, 0.25) is 0 Å². The van der Waals surface area contributed by atoms with Gasteiger partial charge in [-0.25, -0.2) is 4.98 Å². The molecule has 2 rings (SSSR count). The molecule has 0 saturated carbocycles. The number of anilines is 1. The van der Waals surface area contributed by atoms with Gasteiger partial charge in [0.15, 0.2) is 11.4 Å². The summed E-state index contributed by atoms with van der Waals surface area (Å²) in [5.74, 6) is 2.61. The largest absolute Gasteiger partial charge is 0.344 e. The van der Waals surface area contributed by atoms with Gasteiger partial charge >= 0.3 is 0 Å². The second kappa shape index (κ2) is 5.40. The third kappa shape index (κ3) is 2.65. The number of nitrogens with zero attached hydrogens (tertiary/aromatic N) is 2. The molecule has 0 radical (unpaired) electrons. The summed E-state index contributed by atoms with van der Waals surface area (Å²) in [6.45, 7) is 7.43. The van der Waals surface area contributed by atoms with Crippen molar-refractivity contribution < 1.29 is 4.79 Å². The van der Waals surface area contributed by atoms with Crippen LogP contribution >= 0.6 is 23.1 Å². The standard InChI is InChI=1S/C12H18N2OS2/c1-8(2)11-10(6-15)17-12(13-11)14-4-5-16-7-9(14)3/h6,8-9H,4-5,7H2,1-3H3. The number of thioether (sulfide) groups is 1. The molecule has 1 atom stereocenters. The first-order valence-electron chi connectivity index (χ1n) is 5.93. The van der Waals surface area contributed by atoms with E-state index in [0.717, 1.165) is 40.0 Å². The van der Waals surface area contributed by atoms with Crippen LogP contribution in [0.5, 0.6) is 0 Å². The van der Waals surface area contributed by atoms with Gasteiger partial charge < -0.3 is 4.90 Å². The minimum absolute atomic E-state index is 0.315. The van der Waals surface area contributed by atoms with Crippen LogP contribution in [0.15, 0.2) is 0 Å². The van der Waals surface area contributed by atoms with Crippen LogP contribution in [0.4, 0.5) is 5.13 Å². The Labute approximate surface area is 111 Å². The molecule has 3 nitrogen and oxygen atoms in total. The van der Waals surface area contributed by atoms with Gasteiger partial charge in [0.1, 0.15) is 0 Å². The minimum Gasteiger partial charge on any atom is -0.344 e. The lowest BCUT2D eigenvalue weighted by Gasteiger charge is -2.32. The minimum atomic E-state index is 0.315. The predicted molar refractivity (Wildman–Crippen MR) is 75.7 cm³/mol. The topological polar surface area (TPSA) is 33.2 Å². The van der Waals surface area contributed by atoms with E-state index in [0.29, 0.717) is 12.0 Å². The molecule has 0 bridgehead atoms. The van der Waals surface area contributed by atoms with Gasteiger partial charge in [-0.2, -0.15) is 11.8 Å². The highest BCUT2D eigenvalue weighted by molar-refractivity contribution is 7.99. The van der Waals surface area contributed by atoms with Crippen molar-refractivity contribution in [3.63, 3.8) is 0 Å². The summed E-state index contributed by atoms with van der Waals surface area (Å²) in [6.07, 6.45) is 0.944. The van der Waals surface area contributed by atoms with Crippen molar-refractivity contribution in [2.24, 2.45) is 0 Å². The van der Waals surface area contributed by atoms with Gasteiger partial charge in [0.25, 0.3) is 0 Å². The Morgan fingerprint density at radius 1 is 1.53 bits per heavy atom. The van der Waals surface area contributed by atoms with E-state index in [1.807, 2.05) is 11.8 Å². The molecular formula is C12H18N2OS2. The molecule has 5 heteroatoms.